The van der Waals surface area contributed by atoms with Gasteiger partial charge in [0.25, 0.3) is 0 Å². The summed E-state index contributed by atoms with van der Waals surface area (Å²) < 4.78 is 2.04. The number of aromatic nitrogens is 3. The molecule has 0 radical (unpaired) electrons. The van der Waals surface area contributed by atoms with E-state index >= 15 is 0 Å². The second-order valence-corrected chi connectivity index (χ2v) is 6.30. The number of nitrogens with two attached hydrogens (primary N) is 1. The number of rotatable bonds is 5. The lowest BCUT2D eigenvalue weighted by Crippen LogP contribution is -2.38. The molecule has 0 aliphatic carbocycles. The van der Waals surface area contributed by atoms with Crippen LogP contribution in [0.25, 0.3) is 4.96 Å². The molecule has 7 heteroatoms. The number of thiazole rings is 2. The Bertz CT molecular complexity index is 640. The monoisotopic (exact) mass is 293 g/mol. The van der Waals surface area contributed by atoms with Crippen molar-refractivity contribution in [2.24, 2.45) is 5.84 Å². The third kappa shape index (κ3) is 2.84. The van der Waals surface area contributed by atoms with Crippen LogP contribution in [0, 0.1) is 6.92 Å². The van der Waals surface area contributed by atoms with E-state index in [2.05, 4.69) is 27.0 Å². The summed E-state index contributed by atoms with van der Waals surface area (Å²) in [4.78, 5) is 10.1. The summed E-state index contributed by atoms with van der Waals surface area (Å²) in [5.41, 5.74) is 4.99. The van der Waals surface area contributed by atoms with E-state index in [9.17, 15) is 0 Å². The highest BCUT2D eigenvalue weighted by molar-refractivity contribution is 7.15. The van der Waals surface area contributed by atoms with Gasteiger partial charge in [-0.2, -0.15) is 0 Å². The van der Waals surface area contributed by atoms with Gasteiger partial charge in [0, 0.05) is 47.7 Å². The second-order valence-electron chi connectivity index (χ2n) is 4.48. The van der Waals surface area contributed by atoms with Crippen molar-refractivity contribution in [2.75, 3.05) is 0 Å². The van der Waals surface area contributed by atoms with E-state index < -0.39 is 0 Å². The average molecular weight is 293 g/mol. The number of fused-ring (bicyclic) bond motifs is 1. The number of hydrogen-bond donors (Lipinski definition) is 2. The van der Waals surface area contributed by atoms with Gasteiger partial charge >= 0.3 is 0 Å². The van der Waals surface area contributed by atoms with E-state index in [1.54, 1.807) is 22.7 Å². The molecule has 1 atom stereocenters. The first-order valence-corrected chi connectivity index (χ1v) is 7.79. The van der Waals surface area contributed by atoms with Crippen molar-refractivity contribution in [1.82, 2.24) is 19.8 Å². The molecule has 3 heterocycles. The fourth-order valence-corrected chi connectivity index (χ4v) is 3.60. The first kappa shape index (κ1) is 12.7. The van der Waals surface area contributed by atoms with Gasteiger partial charge in [-0.05, 0) is 6.92 Å². The fraction of sp³-hybridized carbons (Fsp3) is 0.333. The van der Waals surface area contributed by atoms with Crippen molar-refractivity contribution in [1.29, 1.82) is 0 Å². The summed E-state index contributed by atoms with van der Waals surface area (Å²) in [6, 6.07) is 0.162. The Morgan fingerprint density at radius 3 is 2.95 bits per heavy atom. The van der Waals surface area contributed by atoms with Crippen LogP contribution in [0.15, 0.2) is 23.2 Å². The van der Waals surface area contributed by atoms with Gasteiger partial charge in [0.1, 0.15) is 0 Å². The highest BCUT2D eigenvalue weighted by Crippen LogP contribution is 2.15. The Kier molecular flexibility index (Phi) is 3.61. The van der Waals surface area contributed by atoms with Gasteiger partial charge in [-0.1, -0.05) is 0 Å². The molecule has 3 aromatic rings. The quantitative estimate of drug-likeness (QED) is 0.556. The summed E-state index contributed by atoms with van der Waals surface area (Å²) >= 11 is 3.32. The van der Waals surface area contributed by atoms with E-state index in [-0.39, 0.29) is 6.04 Å². The molecule has 3 aromatic heterocycles. The van der Waals surface area contributed by atoms with Crippen LogP contribution in [-0.4, -0.2) is 20.4 Å². The Morgan fingerprint density at radius 1 is 1.37 bits per heavy atom. The predicted octanol–water partition coefficient (Wildman–Crippen LogP) is 1.78. The molecule has 3 N–H and O–H groups in total. The van der Waals surface area contributed by atoms with E-state index in [0.29, 0.717) is 0 Å². The minimum absolute atomic E-state index is 0.162. The number of hydrazine groups is 1. The normalized spacial score (nSPS) is 13.2. The number of nitrogens with zero attached hydrogens (tertiary/aromatic N) is 3. The zero-order chi connectivity index (χ0) is 13.2. The molecular weight excluding hydrogens is 278 g/mol. The molecule has 100 valence electrons. The van der Waals surface area contributed by atoms with Gasteiger partial charge in [-0.3, -0.25) is 15.7 Å². The molecule has 0 saturated carbocycles. The predicted molar refractivity (Wildman–Crippen MR) is 78.4 cm³/mol. The van der Waals surface area contributed by atoms with Gasteiger partial charge in [-0.15, -0.1) is 22.7 Å². The zero-order valence-corrected chi connectivity index (χ0v) is 12.2. The Morgan fingerprint density at radius 2 is 2.26 bits per heavy atom. The van der Waals surface area contributed by atoms with Gasteiger partial charge in [0.15, 0.2) is 4.96 Å². The van der Waals surface area contributed by atoms with Crippen molar-refractivity contribution >= 4 is 27.6 Å². The van der Waals surface area contributed by atoms with Crippen LogP contribution in [0.2, 0.25) is 0 Å². The maximum Gasteiger partial charge on any atom is 0.193 e. The molecule has 0 aromatic carbocycles. The minimum atomic E-state index is 0.162. The molecule has 0 spiro atoms. The maximum atomic E-state index is 5.64. The topological polar surface area (TPSA) is 68.2 Å². The van der Waals surface area contributed by atoms with Gasteiger partial charge in [0.05, 0.1) is 10.7 Å². The van der Waals surface area contributed by atoms with Crippen LogP contribution in [0.1, 0.15) is 16.4 Å². The molecule has 1 unspecified atom stereocenters. The molecule has 0 bridgehead atoms. The molecule has 0 aliphatic heterocycles. The molecule has 19 heavy (non-hydrogen) atoms. The van der Waals surface area contributed by atoms with Crippen LogP contribution in [0.3, 0.4) is 0 Å². The first-order chi connectivity index (χ1) is 9.24. The smallest absolute Gasteiger partial charge is 0.193 e. The van der Waals surface area contributed by atoms with Crippen LogP contribution in [-0.2, 0) is 12.8 Å². The molecule has 0 saturated heterocycles. The largest absolute Gasteiger partial charge is 0.297 e. The molecule has 5 nitrogen and oxygen atoms in total. The van der Waals surface area contributed by atoms with Gasteiger partial charge in [-0.25, -0.2) is 9.97 Å². The van der Waals surface area contributed by atoms with Crippen molar-refractivity contribution in [2.45, 2.75) is 25.8 Å². The lowest BCUT2D eigenvalue weighted by molar-refractivity contribution is 0.517. The third-order valence-corrected chi connectivity index (χ3v) is 4.68. The van der Waals surface area contributed by atoms with Crippen molar-refractivity contribution in [3.05, 3.63) is 39.5 Å². The van der Waals surface area contributed by atoms with Gasteiger partial charge in [0.2, 0.25) is 0 Å². The highest BCUT2D eigenvalue weighted by Gasteiger charge is 2.13. The lowest BCUT2D eigenvalue weighted by atomic mass is 10.1. The standard InChI is InChI=1S/C12H15N5S2/c1-8-7-19-11(14-8)5-9(16-13)4-10-6-17-2-3-18-12(17)15-10/h2-3,6-7,9,16H,4-5,13H2,1H3. The lowest BCUT2D eigenvalue weighted by Gasteiger charge is -2.12. The number of imidazole rings is 1. The number of aryl methyl sites for hydroxylation is 1. The van der Waals surface area contributed by atoms with Crippen molar-refractivity contribution < 1.29 is 0 Å². The summed E-state index contributed by atoms with van der Waals surface area (Å²) in [5, 5.41) is 5.21. The van der Waals surface area contributed by atoms with Crippen LogP contribution < -0.4 is 11.3 Å². The van der Waals surface area contributed by atoms with E-state index in [1.165, 1.54) is 0 Å². The molecule has 0 aliphatic rings. The summed E-state index contributed by atoms with van der Waals surface area (Å²) in [6.45, 7) is 2.01. The maximum absolute atomic E-state index is 5.64. The minimum Gasteiger partial charge on any atom is -0.297 e. The Hall–Kier alpha value is -1.28. The van der Waals surface area contributed by atoms with E-state index in [0.717, 1.165) is 34.2 Å². The van der Waals surface area contributed by atoms with E-state index in [1.807, 2.05) is 22.9 Å². The fourth-order valence-electron chi connectivity index (χ4n) is 2.02. The summed E-state index contributed by atoms with van der Waals surface area (Å²) in [7, 11) is 0. The number of hydrogen-bond acceptors (Lipinski definition) is 6. The molecule has 0 fully saturated rings. The van der Waals surface area contributed by atoms with Crippen molar-refractivity contribution in [3.8, 4) is 0 Å². The Balaban J connectivity index is 1.70. The number of nitrogens with one attached hydrogen (secondary N) is 1. The molecule has 0 amide bonds. The second kappa shape index (κ2) is 5.38. The molecular formula is C12H15N5S2. The SMILES string of the molecule is Cc1csc(CC(Cc2cn3ccsc3n2)NN)n1. The van der Waals surface area contributed by atoms with Gasteiger partial charge < -0.3 is 0 Å². The van der Waals surface area contributed by atoms with Crippen molar-refractivity contribution in [3.63, 3.8) is 0 Å². The molecule has 3 rings (SSSR count). The third-order valence-electron chi connectivity index (χ3n) is 2.92. The van der Waals surface area contributed by atoms with E-state index in [4.69, 9.17) is 5.84 Å². The summed E-state index contributed by atoms with van der Waals surface area (Å²) in [6.07, 6.45) is 5.72. The van der Waals surface area contributed by atoms with Crippen LogP contribution in [0.5, 0.6) is 0 Å². The van der Waals surface area contributed by atoms with Crippen LogP contribution >= 0.6 is 22.7 Å². The average Bonchev–Trinajstić information content (AvgIpc) is 3.04. The Labute approximate surface area is 119 Å². The first-order valence-electron chi connectivity index (χ1n) is 6.03. The summed E-state index contributed by atoms with van der Waals surface area (Å²) in [5.74, 6) is 5.64. The van der Waals surface area contributed by atoms with Crippen LogP contribution in [0.4, 0.5) is 0 Å². The zero-order valence-electron chi connectivity index (χ0n) is 10.5. The highest BCUT2D eigenvalue weighted by atomic mass is 32.1.